The van der Waals surface area contributed by atoms with Gasteiger partial charge in [-0.25, -0.2) is 4.39 Å². The van der Waals surface area contributed by atoms with E-state index in [1.807, 2.05) is 6.07 Å². The van der Waals surface area contributed by atoms with Crippen LogP contribution in [0.2, 0.25) is 0 Å². The fourth-order valence-electron chi connectivity index (χ4n) is 4.49. The number of anilines is 1. The highest BCUT2D eigenvalue weighted by atomic mass is 19.1. The molecule has 2 aromatic rings. The van der Waals surface area contributed by atoms with E-state index in [1.165, 1.54) is 35.3 Å². The van der Waals surface area contributed by atoms with Crippen LogP contribution >= 0.6 is 0 Å². The molecular formula is C24H28FNO. The van der Waals surface area contributed by atoms with Crippen molar-refractivity contribution in [1.29, 1.82) is 0 Å². The second-order valence-electron chi connectivity index (χ2n) is 8.47. The summed E-state index contributed by atoms with van der Waals surface area (Å²) in [6, 6.07) is 15.2. The quantitative estimate of drug-likeness (QED) is 0.646. The number of benzene rings is 2. The zero-order valence-electron chi connectivity index (χ0n) is 16.3. The summed E-state index contributed by atoms with van der Waals surface area (Å²) in [4.78, 5) is 0. The minimum absolute atomic E-state index is 0.0990. The highest BCUT2D eigenvalue weighted by Gasteiger charge is 2.45. The van der Waals surface area contributed by atoms with Gasteiger partial charge in [0.15, 0.2) is 0 Å². The molecule has 0 spiro atoms. The smallest absolute Gasteiger partial charge is 0.125 e. The molecule has 142 valence electrons. The third-order valence-electron chi connectivity index (χ3n) is 6.23. The highest BCUT2D eigenvalue weighted by Crippen LogP contribution is 2.50. The first kappa shape index (κ1) is 18.2. The predicted molar refractivity (Wildman–Crippen MR) is 108 cm³/mol. The first-order valence-corrected chi connectivity index (χ1v) is 9.85. The molecule has 0 aromatic heterocycles. The molecule has 1 heterocycles. The van der Waals surface area contributed by atoms with Gasteiger partial charge in [0.05, 0.1) is 11.7 Å². The third kappa shape index (κ3) is 3.79. The number of hydrogen-bond donors (Lipinski definition) is 1. The summed E-state index contributed by atoms with van der Waals surface area (Å²) in [7, 11) is 0. The predicted octanol–water partition coefficient (Wildman–Crippen LogP) is 6.26. The van der Waals surface area contributed by atoms with Gasteiger partial charge in [-0.2, -0.15) is 0 Å². The van der Waals surface area contributed by atoms with Crippen molar-refractivity contribution in [2.24, 2.45) is 11.8 Å². The summed E-state index contributed by atoms with van der Waals surface area (Å²) in [6.45, 7) is 7.36. The van der Waals surface area contributed by atoms with Crippen LogP contribution in [-0.2, 0) is 11.3 Å². The van der Waals surface area contributed by atoms with Gasteiger partial charge in [0.1, 0.15) is 5.82 Å². The Bertz CT molecular complexity index is 857. The normalized spacial score (nSPS) is 26.4. The Morgan fingerprint density at radius 3 is 2.78 bits per heavy atom. The summed E-state index contributed by atoms with van der Waals surface area (Å²) >= 11 is 0. The zero-order valence-corrected chi connectivity index (χ0v) is 16.3. The van der Waals surface area contributed by atoms with Crippen molar-refractivity contribution >= 4 is 5.69 Å². The lowest BCUT2D eigenvalue weighted by Gasteiger charge is -2.49. The molecule has 27 heavy (non-hydrogen) atoms. The van der Waals surface area contributed by atoms with Gasteiger partial charge in [-0.3, -0.25) is 0 Å². The summed E-state index contributed by atoms with van der Waals surface area (Å²) < 4.78 is 20.0. The molecule has 2 aliphatic rings. The standard InChI is InChI=1S/C24H28FNO/c1-16-10-11-19-13-22(16)23(27-24(19,2)3)18-7-4-6-17(12-18)15-26-21-9-5-8-20(25)14-21/h4-10,12,14,19,22-23,26H,11,13,15H2,1-3H3/t19-,22-,23+/m1/s1. The second-order valence-corrected chi connectivity index (χ2v) is 8.47. The van der Waals surface area contributed by atoms with Crippen molar-refractivity contribution in [2.75, 3.05) is 5.32 Å². The molecule has 1 aliphatic carbocycles. The van der Waals surface area contributed by atoms with E-state index in [-0.39, 0.29) is 17.5 Å². The second kappa shape index (κ2) is 7.12. The van der Waals surface area contributed by atoms with Gasteiger partial charge in [0.2, 0.25) is 0 Å². The molecule has 0 amide bonds. The van der Waals surface area contributed by atoms with Gasteiger partial charge in [-0.15, -0.1) is 0 Å². The van der Waals surface area contributed by atoms with Crippen LogP contribution in [0, 0.1) is 17.7 Å². The highest BCUT2D eigenvalue weighted by molar-refractivity contribution is 5.44. The van der Waals surface area contributed by atoms with E-state index in [9.17, 15) is 4.39 Å². The van der Waals surface area contributed by atoms with E-state index in [0.29, 0.717) is 18.4 Å². The maximum Gasteiger partial charge on any atom is 0.125 e. The maximum absolute atomic E-state index is 13.4. The van der Waals surface area contributed by atoms with E-state index in [0.717, 1.165) is 12.1 Å². The number of nitrogens with one attached hydrogen (secondary N) is 1. The van der Waals surface area contributed by atoms with Crippen LogP contribution in [0.25, 0.3) is 0 Å². The molecule has 0 unspecified atom stereocenters. The van der Waals surface area contributed by atoms with Crippen LogP contribution in [0.15, 0.2) is 60.2 Å². The van der Waals surface area contributed by atoms with Crippen LogP contribution in [0.3, 0.4) is 0 Å². The zero-order chi connectivity index (χ0) is 19.0. The SMILES string of the molecule is CC1=CC[C@@H]2C[C@H]1[C@H](c1cccc(CNc3cccc(F)c3)c1)OC2(C)C. The minimum Gasteiger partial charge on any atom is -0.381 e. The number of fused-ring (bicyclic) bond motifs is 2. The van der Waals surface area contributed by atoms with Crippen molar-refractivity contribution in [3.63, 3.8) is 0 Å². The van der Waals surface area contributed by atoms with Gasteiger partial charge in [-0.1, -0.05) is 42.0 Å². The third-order valence-corrected chi connectivity index (χ3v) is 6.23. The maximum atomic E-state index is 13.4. The van der Waals surface area contributed by atoms with Crippen LogP contribution < -0.4 is 5.32 Å². The van der Waals surface area contributed by atoms with E-state index < -0.39 is 0 Å². The molecule has 0 saturated carbocycles. The lowest BCUT2D eigenvalue weighted by atomic mass is 9.69. The van der Waals surface area contributed by atoms with Crippen molar-refractivity contribution < 1.29 is 9.13 Å². The van der Waals surface area contributed by atoms with E-state index in [1.54, 1.807) is 6.07 Å². The Hall–Kier alpha value is -2.13. The Balaban J connectivity index is 1.54. The average molecular weight is 365 g/mol. The molecule has 1 N–H and O–H groups in total. The van der Waals surface area contributed by atoms with Gasteiger partial charge >= 0.3 is 0 Å². The molecule has 2 bridgehead atoms. The Labute approximate surface area is 161 Å². The largest absolute Gasteiger partial charge is 0.381 e. The summed E-state index contributed by atoms with van der Waals surface area (Å²) in [5, 5.41) is 3.31. The molecule has 0 radical (unpaired) electrons. The molecule has 4 rings (SSSR count). The van der Waals surface area contributed by atoms with Crippen LogP contribution in [0.5, 0.6) is 0 Å². The molecular weight excluding hydrogens is 337 g/mol. The molecule has 3 heteroatoms. The van der Waals surface area contributed by atoms with Gasteiger partial charge in [-0.05, 0) is 68.9 Å². The fraction of sp³-hybridized carbons (Fsp3) is 0.417. The fourth-order valence-corrected chi connectivity index (χ4v) is 4.49. The van der Waals surface area contributed by atoms with Crippen molar-refractivity contribution in [2.45, 2.75) is 51.9 Å². The van der Waals surface area contributed by atoms with E-state index in [4.69, 9.17) is 4.74 Å². The average Bonchev–Trinajstić information content (AvgIpc) is 2.65. The van der Waals surface area contributed by atoms with Gasteiger partial charge in [0, 0.05) is 18.2 Å². The van der Waals surface area contributed by atoms with Crippen LogP contribution in [0.4, 0.5) is 10.1 Å². The number of halogens is 1. The number of rotatable bonds is 4. The molecule has 1 fully saturated rings. The molecule has 3 atom stereocenters. The lowest BCUT2D eigenvalue weighted by Crippen LogP contribution is -2.45. The number of hydrogen-bond acceptors (Lipinski definition) is 2. The Morgan fingerprint density at radius 1 is 1.15 bits per heavy atom. The summed E-state index contributed by atoms with van der Waals surface area (Å²) in [5.41, 5.74) is 4.56. The number of allylic oxidation sites excluding steroid dienone is 1. The van der Waals surface area contributed by atoms with Crippen LogP contribution in [-0.4, -0.2) is 5.60 Å². The summed E-state index contributed by atoms with van der Waals surface area (Å²) in [5.74, 6) is 0.837. The van der Waals surface area contributed by atoms with Crippen molar-refractivity contribution in [3.05, 3.63) is 77.1 Å². The lowest BCUT2D eigenvalue weighted by molar-refractivity contribution is -0.166. The molecule has 1 aliphatic heterocycles. The van der Waals surface area contributed by atoms with Crippen molar-refractivity contribution in [1.82, 2.24) is 0 Å². The Kier molecular flexibility index (Phi) is 4.81. The molecule has 1 saturated heterocycles. The first-order chi connectivity index (χ1) is 12.9. The van der Waals surface area contributed by atoms with E-state index >= 15 is 0 Å². The van der Waals surface area contributed by atoms with E-state index in [2.05, 4.69) is 56.4 Å². The van der Waals surface area contributed by atoms with Crippen LogP contribution in [0.1, 0.15) is 50.8 Å². The molecule has 2 aromatic carbocycles. The van der Waals surface area contributed by atoms with Crippen molar-refractivity contribution in [3.8, 4) is 0 Å². The van der Waals surface area contributed by atoms with Gasteiger partial charge in [0.25, 0.3) is 0 Å². The summed E-state index contributed by atoms with van der Waals surface area (Å²) in [6.07, 6.45) is 4.83. The minimum atomic E-state index is -0.222. The number of ether oxygens (including phenoxy) is 1. The Morgan fingerprint density at radius 2 is 1.96 bits per heavy atom. The molecule has 2 nitrogen and oxygen atoms in total. The van der Waals surface area contributed by atoms with Gasteiger partial charge < -0.3 is 10.1 Å². The topological polar surface area (TPSA) is 21.3 Å². The monoisotopic (exact) mass is 365 g/mol. The first-order valence-electron chi connectivity index (χ1n) is 9.85.